The van der Waals surface area contributed by atoms with E-state index >= 15 is 0 Å². The average Bonchev–Trinajstić information content (AvgIpc) is 2.28. The van der Waals surface area contributed by atoms with Crippen LogP contribution in [0.4, 0.5) is 5.95 Å². The van der Waals surface area contributed by atoms with Crippen LogP contribution in [0.5, 0.6) is 5.88 Å². The molecule has 0 spiro atoms. The molecule has 0 saturated carbocycles. The minimum Gasteiger partial charge on any atom is -0.481 e. The fraction of sp³-hybridized carbons (Fsp3) is 0.500. The predicted octanol–water partition coefficient (Wildman–Crippen LogP) is 1.08. The lowest BCUT2D eigenvalue weighted by atomic mass is 10.3. The largest absolute Gasteiger partial charge is 0.481 e. The van der Waals surface area contributed by atoms with Crippen molar-refractivity contribution in [2.24, 2.45) is 0 Å². The maximum atomic E-state index is 11.5. The Hall–Kier alpha value is -1.40. The van der Waals surface area contributed by atoms with E-state index in [9.17, 15) is 4.79 Å². The quantitative estimate of drug-likeness (QED) is 0.590. The number of amides is 1. The number of ether oxygens (including phenoxy) is 1. The molecule has 7 heteroatoms. The van der Waals surface area contributed by atoms with E-state index in [4.69, 9.17) is 16.3 Å². The molecule has 0 saturated heterocycles. The highest BCUT2D eigenvalue weighted by Crippen LogP contribution is 2.15. The van der Waals surface area contributed by atoms with E-state index in [1.54, 1.807) is 0 Å². The molecule has 17 heavy (non-hydrogen) atoms. The van der Waals surface area contributed by atoms with Crippen molar-refractivity contribution in [2.45, 2.75) is 12.8 Å². The molecule has 94 valence electrons. The zero-order valence-electron chi connectivity index (χ0n) is 9.79. The van der Waals surface area contributed by atoms with Gasteiger partial charge in [-0.3, -0.25) is 10.1 Å². The summed E-state index contributed by atoms with van der Waals surface area (Å²) in [5, 5.41) is 5.75. The lowest BCUT2D eigenvalue weighted by Gasteiger charge is -2.05. The Kier molecular flexibility index (Phi) is 5.65. The number of hydrogen-bond donors (Lipinski definition) is 2. The van der Waals surface area contributed by atoms with Gasteiger partial charge in [0.05, 0.1) is 7.11 Å². The first-order chi connectivity index (χ1) is 8.15. The highest BCUT2D eigenvalue weighted by Gasteiger charge is 2.07. The van der Waals surface area contributed by atoms with Gasteiger partial charge in [-0.2, -0.15) is 4.98 Å². The molecule has 2 N–H and O–H groups in total. The van der Waals surface area contributed by atoms with Gasteiger partial charge in [-0.1, -0.05) is 11.6 Å². The highest BCUT2D eigenvalue weighted by atomic mass is 35.5. The fourth-order valence-corrected chi connectivity index (χ4v) is 1.34. The van der Waals surface area contributed by atoms with Gasteiger partial charge in [0.1, 0.15) is 5.15 Å². The highest BCUT2D eigenvalue weighted by molar-refractivity contribution is 6.29. The molecule has 0 radical (unpaired) electrons. The van der Waals surface area contributed by atoms with E-state index in [2.05, 4.69) is 20.6 Å². The molecule has 0 unspecified atom stereocenters. The Bertz CT molecular complexity index is 387. The molecule has 0 fully saturated rings. The summed E-state index contributed by atoms with van der Waals surface area (Å²) < 4.78 is 4.92. The normalized spacial score (nSPS) is 10.1. The summed E-state index contributed by atoms with van der Waals surface area (Å²) in [6.45, 7) is 0.785. The molecule has 0 aliphatic heterocycles. The van der Waals surface area contributed by atoms with E-state index in [1.807, 2.05) is 7.05 Å². The van der Waals surface area contributed by atoms with Crippen molar-refractivity contribution in [2.75, 3.05) is 26.0 Å². The minimum absolute atomic E-state index is 0.149. The number of rotatable bonds is 6. The van der Waals surface area contributed by atoms with Gasteiger partial charge in [0, 0.05) is 12.5 Å². The second-order valence-corrected chi connectivity index (χ2v) is 3.70. The Labute approximate surface area is 105 Å². The van der Waals surface area contributed by atoms with Crippen LogP contribution in [-0.4, -0.2) is 36.6 Å². The molecule has 1 amide bonds. The maximum Gasteiger partial charge on any atom is 0.234 e. The van der Waals surface area contributed by atoms with Crippen molar-refractivity contribution in [1.82, 2.24) is 15.3 Å². The third-order valence-electron chi connectivity index (χ3n) is 1.96. The van der Waals surface area contributed by atoms with Gasteiger partial charge < -0.3 is 10.1 Å². The third kappa shape index (κ3) is 4.97. The molecule has 1 aromatic heterocycles. The standard InChI is InChI=1S/C10H15ClN4O2/c1-12-5-3-4-8(16)14-10-13-7(11)6-9(15-10)17-2/h6,12H,3-5H2,1-2H3,(H,13,14,15,16). The summed E-state index contributed by atoms with van der Waals surface area (Å²) in [7, 11) is 3.31. The van der Waals surface area contributed by atoms with Crippen LogP contribution in [0.2, 0.25) is 5.15 Å². The molecular weight excluding hydrogens is 244 g/mol. The maximum absolute atomic E-state index is 11.5. The van der Waals surface area contributed by atoms with Crippen LogP contribution in [0, 0.1) is 0 Å². The molecule has 6 nitrogen and oxygen atoms in total. The zero-order valence-corrected chi connectivity index (χ0v) is 10.5. The summed E-state index contributed by atoms with van der Waals surface area (Å²) in [6, 6.07) is 1.47. The minimum atomic E-state index is -0.149. The Morgan fingerprint density at radius 1 is 1.53 bits per heavy atom. The van der Waals surface area contributed by atoms with Gasteiger partial charge in [-0.25, -0.2) is 4.98 Å². The van der Waals surface area contributed by atoms with Gasteiger partial charge in [0.15, 0.2) is 0 Å². The average molecular weight is 259 g/mol. The van der Waals surface area contributed by atoms with Crippen LogP contribution < -0.4 is 15.4 Å². The van der Waals surface area contributed by atoms with Gasteiger partial charge in [0.25, 0.3) is 0 Å². The number of anilines is 1. The Morgan fingerprint density at radius 3 is 2.94 bits per heavy atom. The number of halogens is 1. The first kappa shape index (κ1) is 13.7. The van der Waals surface area contributed by atoms with Crippen molar-refractivity contribution in [3.05, 3.63) is 11.2 Å². The smallest absolute Gasteiger partial charge is 0.234 e. The molecule has 0 aromatic carbocycles. The summed E-state index contributed by atoms with van der Waals surface area (Å²) >= 11 is 5.75. The molecule has 1 rings (SSSR count). The molecular formula is C10H15ClN4O2. The fourth-order valence-electron chi connectivity index (χ4n) is 1.17. The van der Waals surface area contributed by atoms with Crippen LogP contribution in [0.25, 0.3) is 0 Å². The topological polar surface area (TPSA) is 76.1 Å². The van der Waals surface area contributed by atoms with Crippen LogP contribution >= 0.6 is 11.6 Å². The number of hydrogen-bond acceptors (Lipinski definition) is 5. The monoisotopic (exact) mass is 258 g/mol. The number of methoxy groups -OCH3 is 1. The van der Waals surface area contributed by atoms with E-state index < -0.39 is 0 Å². The lowest BCUT2D eigenvalue weighted by Crippen LogP contribution is -2.16. The van der Waals surface area contributed by atoms with Crippen LogP contribution in [0.3, 0.4) is 0 Å². The van der Waals surface area contributed by atoms with Crippen molar-refractivity contribution >= 4 is 23.5 Å². The first-order valence-corrected chi connectivity index (χ1v) is 5.56. The van der Waals surface area contributed by atoms with Gasteiger partial charge in [-0.05, 0) is 20.0 Å². The summed E-state index contributed by atoms with van der Waals surface area (Å²) in [4.78, 5) is 19.3. The zero-order chi connectivity index (χ0) is 12.7. The molecule has 1 heterocycles. The molecule has 0 aliphatic carbocycles. The Morgan fingerprint density at radius 2 is 2.29 bits per heavy atom. The lowest BCUT2D eigenvalue weighted by molar-refractivity contribution is -0.116. The molecule has 0 aliphatic rings. The summed E-state index contributed by atoms with van der Waals surface area (Å²) in [6.07, 6.45) is 1.15. The Balaban J connectivity index is 2.55. The van der Waals surface area contributed by atoms with Crippen molar-refractivity contribution in [3.63, 3.8) is 0 Å². The van der Waals surface area contributed by atoms with Crippen LogP contribution in [0.1, 0.15) is 12.8 Å². The number of carbonyl (C=O) groups excluding carboxylic acids is 1. The second kappa shape index (κ2) is 7.03. The molecule has 1 aromatic rings. The van der Waals surface area contributed by atoms with Crippen molar-refractivity contribution in [1.29, 1.82) is 0 Å². The predicted molar refractivity (Wildman–Crippen MR) is 65.4 cm³/mol. The van der Waals surface area contributed by atoms with E-state index in [-0.39, 0.29) is 17.0 Å². The van der Waals surface area contributed by atoms with Crippen LogP contribution in [0.15, 0.2) is 6.07 Å². The van der Waals surface area contributed by atoms with Crippen molar-refractivity contribution in [3.8, 4) is 5.88 Å². The first-order valence-electron chi connectivity index (χ1n) is 5.18. The second-order valence-electron chi connectivity index (χ2n) is 3.31. The number of nitrogens with zero attached hydrogens (tertiary/aromatic N) is 2. The number of nitrogens with one attached hydrogen (secondary N) is 2. The number of carbonyl (C=O) groups is 1. The van der Waals surface area contributed by atoms with E-state index in [0.29, 0.717) is 12.3 Å². The molecule has 0 atom stereocenters. The van der Waals surface area contributed by atoms with E-state index in [1.165, 1.54) is 13.2 Å². The molecule has 0 bridgehead atoms. The SMILES string of the molecule is CNCCCC(=O)Nc1nc(Cl)cc(OC)n1. The van der Waals surface area contributed by atoms with Crippen molar-refractivity contribution < 1.29 is 9.53 Å². The van der Waals surface area contributed by atoms with Gasteiger partial charge in [0.2, 0.25) is 17.7 Å². The number of aromatic nitrogens is 2. The third-order valence-corrected chi connectivity index (χ3v) is 2.16. The summed E-state index contributed by atoms with van der Waals surface area (Å²) in [5.74, 6) is 0.323. The van der Waals surface area contributed by atoms with Crippen LogP contribution in [-0.2, 0) is 4.79 Å². The van der Waals surface area contributed by atoms with E-state index in [0.717, 1.165) is 13.0 Å². The van der Waals surface area contributed by atoms with Gasteiger partial charge >= 0.3 is 0 Å². The van der Waals surface area contributed by atoms with Gasteiger partial charge in [-0.15, -0.1) is 0 Å². The summed E-state index contributed by atoms with van der Waals surface area (Å²) in [5.41, 5.74) is 0.